The van der Waals surface area contributed by atoms with Gasteiger partial charge in [0, 0.05) is 23.7 Å². The average Bonchev–Trinajstić information content (AvgIpc) is 2.68. The molecule has 0 amide bonds. The second kappa shape index (κ2) is 4.90. The maximum atomic E-state index is 6.13. The summed E-state index contributed by atoms with van der Waals surface area (Å²) in [5.74, 6) is 1.41. The van der Waals surface area contributed by atoms with Crippen LogP contribution in [0.4, 0.5) is 5.82 Å². The Morgan fingerprint density at radius 2 is 2.11 bits per heavy atom. The molecule has 0 aliphatic carbocycles. The number of aryl methyl sites for hydroxylation is 2. The summed E-state index contributed by atoms with van der Waals surface area (Å²) < 4.78 is 7.10. The van der Waals surface area contributed by atoms with Gasteiger partial charge in [0.15, 0.2) is 0 Å². The normalized spacial score (nSPS) is 10.7. The van der Waals surface area contributed by atoms with E-state index in [1.807, 2.05) is 18.2 Å². The number of aromatic nitrogens is 2. The molecule has 0 bridgehead atoms. The quantitative estimate of drug-likeness (QED) is 0.928. The lowest BCUT2D eigenvalue weighted by molar-refractivity contribution is 0.411. The minimum atomic E-state index is 0.602. The van der Waals surface area contributed by atoms with E-state index in [4.69, 9.17) is 22.1 Å². The summed E-state index contributed by atoms with van der Waals surface area (Å²) in [5, 5.41) is 5.03. The van der Waals surface area contributed by atoms with Crippen molar-refractivity contribution in [2.24, 2.45) is 7.05 Å². The van der Waals surface area contributed by atoms with Crippen molar-refractivity contribution in [1.82, 2.24) is 9.78 Å². The number of ether oxygens (including phenoxy) is 1. The third-order valence-electron chi connectivity index (χ3n) is 2.91. The molecule has 0 saturated heterocycles. The summed E-state index contributed by atoms with van der Waals surface area (Å²) in [7, 11) is 3.45. The number of nitrogen functional groups attached to an aromatic ring is 1. The van der Waals surface area contributed by atoms with Gasteiger partial charge in [-0.15, -0.1) is 0 Å². The first-order chi connectivity index (χ1) is 8.56. The highest BCUT2D eigenvalue weighted by atomic mass is 35.5. The number of halogens is 1. The maximum absolute atomic E-state index is 6.13. The molecule has 18 heavy (non-hydrogen) atoms. The van der Waals surface area contributed by atoms with Crippen molar-refractivity contribution in [2.75, 3.05) is 12.8 Å². The minimum Gasteiger partial charge on any atom is -0.496 e. The van der Waals surface area contributed by atoms with Crippen molar-refractivity contribution in [1.29, 1.82) is 0 Å². The number of nitrogens with zero attached hydrogens (tertiary/aromatic N) is 2. The fraction of sp³-hybridized carbons (Fsp3) is 0.308. The Bertz CT molecular complexity index is 558. The van der Waals surface area contributed by atoms with Gasteiger partial charge >= 0.3 is 0 Å². The van der Waals surface area contributed by atoms with Crippen LogP contribution in [-0.4, -0.2) is 16.9 Å². The van der Waals surface area contributed by atoms with Gasteiger partial charge in [-0.1, -0.05) is 18.5 Å². The van der Waals surface area contributed by atoms with E-state index < -0.39 is 0 Å². The van der Waals surface area contributed by atoms with E-state index in [0.717, 1.165) is 29.0 Å². The van der Waals surface area contributed by atoms with Gasteiger partial charge in [-0.25, -0.2) is 0 Å². The van der Waals surface area contributed by atoms with Gasteiger partial charge < -0.3 is 10.5 Å². The lowest BCUT2D eigenvalue weighted by Crippen LogP contribution is -1.97. The second-order valence-electron chi connectivity index (χ2n) is 4.08. The second-order valence-corrected chi connectivity index (χ2v) is 4.51. The molecule has 4 nitrogen and oxygen atoms in total. The Balaban J connectivity index is 2.65. The smallest absolute Gasteiger partial charge is 0.131 e. The van der Waals surface area contributed by atoms with Crippen molar-refractivity contribution in [2.45, 2.75) is 13.3 Å². The van der Waals surface area contributed by atoms with E-state index in [2.05, 4.69) is 12.0 Å². The van der Waals surface area contributed by atoms with E-state index in [-0.39, 0.29) is 0 Å². The summed E-state index contributed by atoms with van der Waals surface area (Å²) in [4.78, 5) is 0. The van der Waals surface area contributed by atoms with Crippen LogP contribution in [0.3, 0.4) is 0 Å². The largest absolute Gasteiger partial charge is 0.496 e. The minimum absolute atomic E-state index is 0.602. The Morgan fingerprint density at radius 1 is 1.39 bits per heavy atom. The molecule has 2 aromatic rings. The lowest BCUT2D eigenvalue weighted by Gasteiger charge is -2.12. The SMILES string of the molecule is CCc1cc(Cl)cc(-c2cc(N)n(C)n2)c1OC. The zero-order chi connectivity index (χ0) is 13.3. The number of nitrogens with two attached hydrogens (primary N) is 1. The van der Waals surface area contributed by atoms with Crippen LogP contribution < -0.4 is 10.5 Å². The molecule has 0 aliphatic heterocycles. The molecule has 0 radical (unpaired) electrons. The van der Waals surface area contributed by atoms with Crippen LogP contribution in [-0.2, 0) is 13.5 Å². The number of anilines is 1. The molecule has 1 aromatic heterocycles. The van der Waals surface area contributed by atoms with Crippen molar-refractivity contribution in [3.05, 3.63) is 28.8 Å². The highest BCUT2D eigenvalue weighted by molar-refractivity contribution is 6.31. The molecule has 2 rings (SSSR count). The molecule has 1 aromatic carbocycles. The van der Waals surface area contributed by atoms with Crippen molar-refractivity contribution >= 4 is 17.4 Å². The number of hydrogen-bond acceptors (Lipinski definition) is 3. The maximum Gasteiger partial charge on any atom is 0.131 e. The molecule has 0 fully saturated rings. The summed E-state index contributed by atoms with van der Waals surface area (Å²) in [5.41, 5.74) is 8.50. The van der Waals surface area contributed by atoms with E-state index >= 15 is 0 Å². The molecule has 96 valence electrons. The third-order valence-corrected chi connectivity index (χ3v) is 3.13. The van der Waals surface area contributed by atoms with Gasteiger partial charge in [-0.05, 0) is 24.1 Å². The van der Waals surface area contributed by atoms with Crippen LogP contribution in [0.5, 0.6) is 5.75 Å². The van der Waals surface area contributed by atoms with Gasteiger partial charge in [-0.3, -0.25) is 4.68 Å². The first-order valence-electron chi connectivity index (χ1n) is 5.73. The summed E-state index contributed by atoms with van der Waals surface area (Å²) in [6, 6.07) is 5.57. The first kappa shape index (κ1) is 12.8. The van der Waals surface area contributed by atoms with Gasteiger partial charge in [0.25, 0.3) is 0 Å². The summed E-state index contributed by atoms with van der Waals surface area (Å²) in [6.45, 7) is 2.06. The fourth-order valence-corrected chi connectivity index (χ4v) is 2.20. The highest BCUT2D eigenvalue weighted by Gasteiger charge is 2.15. The molecule has 0 unspecified atom stereocenters. The van der Waals surface area contributed by atoms with Gasteiger partial charge in [0.05, 0.1) is 12.8 Å². The number of hydrogen-bond donors (Lipinski definition) is 1. The van der Waals surface area contributed by atoms with Crippen LogP contribution in [0.1, 0.15) is 12.5 Å². The van der Waals surface area contributed by atoms with Crippen LogP contribution in [0.2, 0.25) is 5.02 Å². The molecule has 0 atom stereocenters. The molecule has 0 spiro atoms. The van der Waals surface area contributed by atoms with Crippen LogP contribution >= 0.6 is 11.6 Å². The van der Waals surface area contributed by atoms with Gasteiger partial charge in [0.2, 0.25) is 0 Å². The van der Waals surface area contributed by atoms with Crippen LogP contribution in [0.25, 0.3) is 11.3 Å². The number of benzene rings is 1. The summed E-state index contributed by atoms with van der Waals surface area (Å²) in [6.07, 6.45) is 0.846. The van der Waals surface area contributed by atoms with Crippen molar-refractivity contribution in [3.63, 3.8) is 0 Å². The highest BCUT2D eigenvalue weighted by Crippen LogP contribution is 2.36. The molecule has 0 aliphatic rings. The first-order valence-corrected chi connectivity index (χ1v) is 6.11. The van der Waals surface area contributed by atoms with Gasteiger partial charge in [0.1, 0.15) is 11.6 Å². The molecular weight excluding hydrogens is 250 g/mol. The molecular formula is C13H16ClN3O. The predicted octanol–water partition coefficient (Wildman–Crippen LogP) is 2.89. The third kappa shape index (κ3) is 2.16. The van der Waals surface area contributed by atoms with Crippen molar-refractivity contribution < 1.29 is 4.74 Å². The van der Waals surface area contributed by atoms with Crippen molar-refractivity contribution in [3.8, 4) is 17.0 Å². The van der Waals surface area contributed by atoms with E-state index in [1.54, 1.807) is 18.8 Å². The lowest BCUT2D eigenvalue weighted by atomic mass is 10.0. The molecule has 1 heterocycles. The predicted molar refractivity (Wildman–Crippen MR) is 74.0 cm³/mol. The van der Waals surface area contributed by atoms with Crippen LogP contribution in [0.15, 0.2) is 18.2 Å². The Morgan fingerprint density at radius 3 is 2.61 bits per heavy atom. The average molecular weight is 266 g/mol. The topological polar surface area (TPSA) is 53.1 Å². The molecule has 0 saturated carbocycles. The van der Waals surface area contributed by atoms with Crippen LogP contribution in [0, 0.1) is 0 Å². The zero-order valence-electron chi connectivity index (χ0n) is 10.7. The monoisotopic (exact) mass is 265 g/mol. The van der Waals surface area contributed by atoms with E-state index in [9.17, 15) is 0 Å². The van der Waals surface area contributed by atoms with E-state index in [0.29, 0.717) is 10.8 Å². The Hall–Kier alpha value is -1.68. The fourth-order valence-electron chi connectivity index (χ4n) is 1.96. The standard InChI is InChI=1S/C13H16ClN3O/c1-4-8-5-9(14)6-10(13(8)18-3)11-7-12(15)17(2)16-11/h5-7H,4,15H2,1-3H3. The summed E-state index contributed by atoms with van der Waals surface area (Å²) >= 11 is 6.13. The Labute approximate surface area is 111 Å². The van der Waals surface area contributed by atoms with E-state index in [1.165, 1.54) is 0 Å². The van der Waals surface area contributed by atoms with Gasteiger partial charge in [-0.2, -0.15) is 5.10 Å². The molecule has 2 N–H and O–H groups in total. The number of rotatable bonds is 3. The Kier molecular flexibility index (Phi) is 3.48. The number of methoxy groups -OCH3 is 1. The zero-order valence-corrected chi connectivity index (χ0v) is 11.5. The molecule has 5 heteroatoms.